The van der Waals surface area contributed by atoms with Crippen LogP contribution in [0.4, 0.5) is 26.1 Å². The first-order valence-electron chi connectivity index (χ1n) is 21.7. The molecule has 3 aliphatic rings. The molecule has 4 aromatic heterocycles. The number of aromatic amines is 1. The van der Waals surface area contributed by atoms with E-state index < -0.39 is 44.9 Å². The van der Waals surface area contributed by atoms with Gasteiger partial charge in [-0.15, -0.1) is 0 Å². The van der Waals surface area contributed by atoms with Gasteiger partial charge in [0.25, 0.3) is 6.47 Å². The Bertz CT molecular complexity index is 2730. The molecule has 6 N–H and O–H groups in total. The van der Waals surface area contributed by atoms with E-state index in [4.69, 9.17) is 9.90 Å². The zero-order valence-corrected chi connectivity index (χ0v) is 37.5. The Hall–Kier alpha value is -6.98. The van der Waals surface area contributed by atoms with Crippen LogP contribution in [0.1, 0.15) is 73.0 Å². The van der Waals surface area contributed by atoms with E-state index in [1.54, 1.807) is 37.8 Å². The highest BCUT2D eigenvalue weighted by molar-refractivity contribution is 7.90. The van der Waals surface area contributed by atoms with E-state index in [2.05, 4.69) is 50.5 Å². The number of hydrogen-bond donors (Lipinski definition) is 6. The minimum atomic E-state index is -4.15. The van der Waals surface area contributed by atoms with E-state index in [0.29, 0.717) is 67.1 Å². The molecule has 7 heterocycles. The number of anilines is 3. The number of fused-ring (bicyclic) bond motifs is 1. The summed E-state index contributed by atoms with van der Waals surface area (Å²) in [5.74, 6) is -3.25. The molecule has 0 spiro atoms. The van der Waals surface area contributed by atoms with Crippen molar-refractivity contribution in [2.75, 3.05) is 61.3 Å². The third-order valence-electron chi connectivity index (χ3n) is 12.1. The maximum Gasteiger partial charge on any atom is 0.301 e. The van der Waals surface area contributed by atoms with E-state index in [1.165, 1.54) is 13.2 Å². The second-order valence-corrected chi connectivity index (χ2v) is 18.0. The molecule has 5 aromatic rings. The largest absolute Gasteiger partial charge is 0.483 e. The molecule has 8 rings (SSSR count). The first-order valence-corrected chi connectivity index (χ1v) is 23.1. The lowest BCUT2D eigenvalue weighted by atomic mass is 9.93. The molecule has 0 saturated carbocycles. The molecule has 3 fully saturated rings. The van der Waals surface area contributed by atoms with Crippen molar-refractivity contribution in [2.45, 2.75) is 63.5 Å². The Kier molecular flexibility index (Phi) is 15.1. The maximum absolute atomic E-state index is 15.6. The fourth-order valence-corrected chi connectivity index (χ4v) is 9.09. The monoisotopic (exact) mass is 944 g/mol. The molecule has 354 valence electrons. The number of H-pyrrole nitrogens is 1. The Morgan fingerprint density at radius 3 is 2.30 bits per heavy atom. The van der Waals surface area contributed by atoms with Crippen LogP contribution in [0.2, 0.25) is 0 Å². The third kappa shape index (κ3) is 11.2. The quantitative estimate of drug-likeness (QED) is 0.0529. The van der Waals surface area contributed by atoms with Crippen LogP contribution >= 0.6 is 0 Å². The van der Waals surface area contributed by atoms with Crippen molar-refractivity contribution in [3.8, 4) is 11.1 Å². The molecule has 3 saturated heterocycles. The van der Waals surface area contributed by atoms with Gasteiger partial charge in [0.1, 0.15) is 17.5 Å². The Morgan fingerprint density at radius 1 is 0.940 bits per heavy atom. The average molecular weight is 945 g/mol. The molecular formula is C44H50F2N12O8S. The number of likely N-dealkylation sites (tertiary alicyclic amines) is 1. The van der Waals surface area contributed by atoms with Crippen molar-refractivity contribution < 1.29 is 46.3 Å². The molecule has 0 radical (unpaired) electrons. The number of carbonyl (C=O) groups is 5. The van der Waals surface area contributed by atoms with Gasteiger partial charge in [-0.2, -0.15) is 12.7 Å². The lowest BCUT2D eigenvalue weighted by molar-refractivity contribution is -0.134. The standard InChI is InChI=1S/C43H48F2N12O6S.CH2O2/c1-3-55(2)64(62,63)54-34-7-5-32(44)38(39(34)45)40(60)31-23-49-41-30(31)18-26(19-48-41)27-20-50-43(51-21-27)57-16-12-28(13-17-57)46-24-37(59)56-14-10-25(11-15-56)33-6-4-29(22-47-33)52-35-8-9-36(58)53-42(35)61;2-1-3/h4-7,18-23,25,28,35,46,52,54H,3,8-17,24H2,1-2H3,(H,48,49)(H,53,58,61);1H,(H,2,3). The molecule has 23 heteroatoms. The number of hydrogen-bond acceptors (Lipinski definition) is 14. The summed E-state index contributed by atoms with van der Waals surface area (Å²) in [6.07, 6.45) is 11.8. The molecule has 1 aromatic carbocycles. The zero-order valence-electron chi connectivity index (χ0n) is 36.7. The predicted molar refractivity (Wildman–Crippen MR) is 242 cm³/mol. The van der Waals surface area contributed by atoms with Crippen LogP contribution in [0.25, 0.3) is 22.2 Å². The molecule has 3 aliphatic heterocycles. The first-order chi connectivity index (χ1) is 32.2. The summed E-state index contributed by atoms with van der Waals surface area (Å²) < 4.78 is 58.7. The molecular weight excluding hydrogens is 895 g/mol. The van der Waals surface area contributed by atoms with E-state index >= 15 is 8.78 Å². The van der Waals surface area contributed by atoms with Crippen LogP contribution in [0, 0.1) is 11.6 Å². The smallest absolute Gasteiger partial charge is 0.301 e. The summed E-state index contributed by atoms with van der Waals surface area (Å²) >= 11 is 0. The van der Waals surface area contributed by atoms with E-state index in [1.807, 2.05) is 17.0 Å². The summed E-state index contributed by atoms with van der Waals surface area (Å²) in [5, 5.41) is 16.1. The second-order valence-electron chi connectivity index (χ2n) is 16.3. The Balaban J connectivity index is 0.00000216. The highest BCUT2D eigenvalue weighted by Crippen LogP contribution is 2.31. The molecule has 20 nitrogen and oxygen atoms in total. The number of nitrogens with one attached hydrogen (secondary N) is 5. The van der Waals surface area contributed by atoms with Crippen molar-refractivity contribution in [2.24, 2.45) is 0 Å². The summed E-state index contributed by atoms with van der Waals surface area (Å²) in [7, 11) is -2.86. The summed E-state index contributed by atoms with van der Waals surface area (Å²) in [6, 6.07) is 6.94. The van der Waals surface area contributed by atoms with Crippen LogP contribution in [0.5, 0.6) is 0 Å². The number of aromatic nitrogens is 5. The fraction of sp³-hybridized carbons (Fsp3) is 0.386. The van der Waals surface area contributed by atoms with E-state index in [-0.39, 0.29) is 54.8 Å². The van der Waals surface area contributed by atoms with Gasteiger partial charge in [0.2, 0.25) is 29.5 Å². The van der Waals surface area contributed by atoms with Gasteiger partial charge in [0, 0.05) is 111 Å². The number of nitrogens with zero attached hydrogens (tertiary/aromatic N) is 7. The number of halogens is 2. The summed E-state index contributed by atoms with van der Waals surface area (Å²) in [6.45, 7) is 4.33. The van der Waals surface area contributed by atoms with Gasteiger partial charge in [-0.25, -0.2) is 23.7 Å². The minimum Gasteiger partial charge on any atom is -0.483 e. The lowest BCUT2D eigenvalue weighted by Crippen LogP contribution is -2.48. The number of benzene rings is 1. The minimum absolute atomic E-state index is 0.0621. The molecule has 1 atom stereocenters. The predicted octanol–water partition coefficient (Wildman–Crippen LogP) is 3.42. The maximum atomic E-state index is 15.6. The van der Waals surface area contributed by atoms with Gasteiger partial charge >= 0.3 is 10.2 Å². The van der Waals surface area contributed by atoms with Gasteiger partial charge in [-0.1, -0.05) is 6.92 Å². The van der Waals surface area contributed by atoms with Gasteiger partial charge in [0.15, 0.2) is 5.82 Å². The summed E-state index contributed by atoms with van der Waals surface area (Å²) in [4.78, 5) is 83.7. The molecule has 3 amide bonds. The normalized spacial score (nSPS) is 17.2. The van der Waals surface area contributed by atoms with Gasteiger partial charge in [-0.3, -0.25) is 39.0 Å². The molecule has 1 unspecified atom stereocenters. The number of pyridine rings is 2. The highest BCUT2D eigenvalue weighted by Gasteiger charge is 2.30. The fourth-order valence-electron chi connectivity index (χ4n) is 8.16. The number of imide groups is 1. The van der Waals surface area contributed by atoms with Crippen molar-refractivity contribution in [3.05, 3.63) is 89.8 Å². The van der Waals surface area contributed by atoms with E-state index in [0.717, 1.165) is 53.5 Å². The van der Waals surface area contributed by atoms with Gasteiger partial charge < -0.3 is 30.5 Å². The van der Waals surface area contributed by atoms with Crippen molar-refractivity contribution >= 4 is 68.5 Å². The Morgan fingerprint density at radius 2 is 1.64 bits per heavy atom. The lowest BCUT2D eigenvalue weighted by Gasteiger charge is -2.34. The average Bonchev–Trinajstić information content (AvgIpc) is 3.77. The third-order valence-corrected chi connectivity index (χ3v) is 13.7. The van der Waals surface area contributed by atoms with Crippen molar-refractivity contribution in [1.82, 2.24) is 44.8 Å². The number of rotatable bonds is 14. The topological polar surface area (TPSA) is 265 Å². The molecule has 0 bridgehead atoms. The van der Waals surface area contributed by atoms with E-state index in [9.17, 15) is 27.6 Å². The second kappa shape index (κ2) is 21.1. The first kappa shape index (κ1) is 48.0. The van der Waals surface area contributed by atoms with Crippen molar-refractivity contribution in [1.29, 1.82) is 0 Å². The number of carboxylic acid groups (broad SMARTS) is 1. The van der Waals surface area contributed by atoms with Crippen molar-refractivity contribution in [3.63, 3.8) is 0 Å². The number of amides is 3. The van der Waals surface area contributed by atoms with Crippen LogP contribution in [-0.4, -0.2) is 136 Å². The zero-order chi connectivity index (χ0) is 47.8. The summed E-state index contributed by atoms with van der Waals surface area (Å²) in [5.41, 5.74) is 1.58. The highest BCUT2D eigenvalue weighted by atomic mass is 32.2. The SMILES string of the molecule is CCN(C)S(=O)(=O)Nc1ccc(F)c(C(=O)c2c[nH]c3ncc(-c4cnc(N5CCC(NCC(=O)N6CCC(c7ccc(NC8CCC(=O)NC8=O)cn7)CC6)CC5)nc4)cc23)c1F.O=CO. The van der Waals surface area contributed by atoms with Crippen LogP contribution in [-0.2, 0) is 29.4 Å². The molecule has 0 aliphatic carbocycles. The number of piperidine rings is 3. The van der Waals surface area contributed by atoms with Crippen LogP contribution in [0.3, 0.4) is 0 Å². The number of ketones is 1. The Labute approximate surface area is 384 Å². The van der Waals surface area contributed by atoms with Gasteiger partial charge in [-0.05, 0) is 62.4 Å². The molecule has 67 heavy (non-hydrogen) atoms. The van der Waals surface area contributed by atoms with Gasteiger partial charge in [0.05, 0.1) is 29.7 Å². The van der Waals surface area contributed by atoms with Crippen LogP contribution in [0.15, 0.2) is 61.3 Å². The van der Waals surface area contributed by atoms with Crippen LogP contribution < -0.4 is 25.6 Å². The number of carbonyl (C=O) groups excluding carboxylic acids is 4.